The fourth-order valence-corrected chi connectivity index (χ4v) is 3.29. The van der Waals surface area contributed by atoms with Crippen LogP contribution in [-0.2, 0) is 0 Å². The summed E-state index contributed by atoms with van der Waals surface area (Å²) >= 11 is 0. The Kier molecular flexibility index (Phi) is 5.54. The SMILES string of the molecule is Cc1ccc(/C=C/c2nc(NCCN(C)C)c3cc4ccccc4cc3n2)cc1. The van der Waals surface area contributed by atoms with E-state index in [4.69, 9.17) is 9.97 Å². The van der Waals surface area contributed by atoms with Crippen molar-refractivity contribution in [3.8, 4) is 0 Å². The molecule has 1 aromatic heterocycles. The van der Waals surface area contributed by atoms with E-state index in [9.17, 15) is 0 Å². The Bertz CT molecular complexity index is 1160. The predicted octanol–water partition coefficient (Wildman–Crippen LogP) is 5.24. The molecule has 0 fully saturated rings. The molecule has 29 heavy (non-hydrogen) atoms. The first-order chi connectivity index (χ1) is 14.1. The van der Waals surface area contributed by atoms with Gasteiger partial charge in [0.25, 0.3) is 0 Å². The first kappa shape index (κ1) is 19.1. The van der Waals surface area contributed by atoms with Crippen molar-refractivity contribution in [2.24, 2.45) is 0 Å². The van der Waals surface area contributed by atoms with Gasteiger partial charge in [0.1, 0.15) is 5.82 Å². The second-order valence-electron chi connectivity index (χ2n) is 7.62. The van der Waals surface area contributed by atoms with Gasteiger partial charge in [-0.3, -0.25) is 0 Å². The maximum atomic E-state index is 4.81. The summed E-state index contributed by atoms with van der Waals surface area (Å²) < 4.78 is 0. The second kappa shape index (κ2) is 8.41. The van der Waals surface area contributed by atoms with Crippen molar-refractivity contribution in [3.63, 3.8) is 0 Å². The van der Waals surface area contributed by atoms with Gasteiger partial charge in [0, 0.05) is 18.5 Å². The molecule has 0 radical (unpaired) electrons. The van der Waals surface area contributed by atoms with Crippen LogP contribution in [-0.4, -0.2) is 42.1 Å². The van der Waals surface area contributed by atoms with Crippen LogP contribution in [0.2, 0.25) is 0 Å². The third kappa shape index (κ3) is 4.61. The van der Waals surface area contributed by atoms with E-state index in [1.165, 1.54) is 16.3 Å². The Morgan fingerprint density at radius 3 is 2.34 bits per heavy atom. The maximum absolute atomic E-state index is 4.81. The molecule has 4 nitrogen and oxygen atoms in total. The van der Waals surface area contributed by atoms with Crippen LogP contribution in [0.3, 0.4) is 0 Å². The van der Waals surface area contributed by atoms with Gasteiger partial charge in [-0.25, -0.2) is 9.97 Å². The molecular weight excluding hydrogens is 356 g/mol. The molecule has 4 heteroatoms. The van der Waals surface area contributed by atoms with Crippen LogP contribution in [0.25, 0.3) is 33.8 Å². The molecule has 4 aromatic rings. The highest BCUT2D eigenvalue weighted by molar-refractivity contribution is 6.01. The van der Waals surface area contributed by atoms with Crippen LogP contribution in [0.4, 0.5) is 5.82 Å². The number of rotatable bonds is 6. The Morgan fingerprint density at radius 2 is 1.62 bits per heavy atom. The van der Waals surface area contributed by atoms with Crippen molar-refractivity contribution in [1.29, 1.82) is 0 Å². The lowest BCUT2D eigenvalue weighted by atomic mass is 10.1. The minimum Gasteiger partial charge on any atom is -0.368 e. The molecule has 0 bridgehead atoms. The number of hydrogen-bond acceptors (Lipinski definition) is 4. The quantitative estimate of drug-likeness (QED) is 0.463. The summed E-state index contributed by atoms with van der Waals surface area (Å²) in [4.78, 5) is 11.8. The molecule has 0 aliphatic heterocycles. The summed E-state index contributed by atoms with van der Waals surface area (Å²) in [5.74, 6) is 1.59. The number of aromatic nitrogens is 2. The van der Waals surface area contributed by atoms with E-state index in [0.29, 0.717) is 5.82 Å². The van der Waals surface area contributed by atoms with Crippen molar-refractivity contribution in [3.05, 3.63) is 77.6 Å². The highest BCUT2D eigenvalue weighted by Crippen LogP contribution is 2.26. The fourth-order valence-electron chi connectivity index (χ4n) is 3.29. The Hall–Kier alpha value is -3.24. The lowest BCUT2D eigenvalue weighted by Gasteiger charge is -2.13. The van der Waals surface area contributed by atoms with Gasteiger partial charge >= 0.3 is 0 Å². The van der Waals surface area contributed by atoms with Crippen molar-refractivity contribution in [2.45, 2.75) is 6.92 Å². The standard InChI is InChI=1S/C25H26N4/c1-18-8-10-19(11-9-18)12-13-24-27-23-17-21-7-5-4-6-20(21)16-22(23)25(28-24)26-14-15-29(2)3/h4-13,16-17H,14-15H2,1-3H3,(H,26,27,28)/b13-12+. The Morgan fingerprint density at radius 1 is 0.897 bits per heavy atom. The molecule has 0 spiro atoms. The van der Waals surface area contributed by atoms with Gasteiger partial charge in [-0.2, -0.15) is 0 Å². The van der Waals surface area contributed by atoms with Crippen molar-refractivity contribution < 1.29 is 0 Å². The van der Waals surface area contributed by atoms with Crippen LogP contribution in [0.15, 0.2) is 60.7 Å². The molecule has 0 aliphatic carbocycles. The van der Waals surface area contributed by atoms with Gasteiger partial charge in [-0.05, 0) is 55.6 Å². The van der Waals surface area contributed by atoms with Crippen LogP contribution in [0, 0.1) is 6.92 Å². The molecule has 0 unspecified atom stereocenters. The first-order valence-corrected chi connectivity index (χ1v) is 9.92. The van der Waals surface area contributed by atoms with Crippen LogP contribution in [0.1, 0.15) is 17.0 Å². The maximum Gasteiger partial charge on any atom is 0.154 e. The summed E-state index contributed by atoms with van der Waals surface area (Å²) in [6, 6.07) is 21.1. The Labute approximate surface area is 171 Å². The highest BCUT2D eigenvalue weighted by Gasteiger charge is 2.08. The molecule has 1 N–H and O–H groups in total. The largest absolute Gasteiger partial charge is 0.368 e. The second-order valence-corrected chi connectivity index (χ2v) is 7.62. The van der Waals surface area contributed by atoms with Gasteiger partial charge in [0.2, 0.25) is 0 Å². The van der Waals surface area contributed by atoms with Gasteiger partial charge < -0.3 is 10.2 Å². The van der Waals surface area contributed by atoms with E-state index in [2.05, 4.69) is 98.0 Å². The molecule has 0 saturated heterocycles. The lowest BCUT2D eigenvalue weighted by Crippen LogP contribution is -2.21. The highest BCUT2D eigenvalue weighted by atomic mass is 15.1. The van der Waals surface area contributed by atoms with E-state index in [-0.39, 0.29) is 0 Å². The normalized spacial score (nSPS) is 11.7. The van der Waals surface area contributed by atoms with Crippen molar-refractivity contribution >= 4 is 39.6 Å². The van der Waals surface area contributed by atoms with Crippen LogP contribution < -0.4 is 5.32 Å². The Balaban J connectivity index is 1.75. The number of nitrogens with one attached hydrogen (secondary N) is 1. The molecule has 146 valence electrons. The summed E-state index contributed by atoms with van der Waals surface area (Å²) in [5.41, 5.74) is 3.35. The molecule has 0 amide bonds. The molecule has 0 aliphatic rings. The number of fused-ring (bicyclic) bond motifs is 2. The summed E-state index contributed by atoms with van der Waals surface area (Å²) in [7, 11) is 4.14. The van der Waals surface area contributed by atoms with E-state index in [1.807, 2.05) is 6.08 Å². The average molecular weight is 383 g/mol. The number of aryl methyl sites for hydroxylation is 1. The van der Waals surface area contributed by atoms with Crippen LogP contribution >= 0.6 is 0 Å². The average Bonchev–Trinajstić information content (AvgIpc) is 2.71. The molecule has 0 atom stereocenters. The third-order valence-corrected chi connectivity index (χ3v) is 4.93. The number of nitrogens with zero attached hydrogens (tertiary/aromatic N) is 3. The van der Waals surface area contributed by atoms with E-state index >= 15 is 0 Å². The number of likely N-dealkylation sites (N-methyl/N-ethyl adjacent to an activating group) is 1. The van der Waals surface area contributed by atoms with Crippen molar-refractivity contribution in [2.75, 3.05) is 32.5 Å². The monoisotopic (exact) mass is 382 g/mol. The number of hydrogen-bond donors (Lipinski definition) is 1. The molecule has 3 aromatic carbocycles. The van der Waals surface area contributed by atoms with Crippen LogP contribution in [0.5, 0.6) is 0 Å². The summed E-state index contributed by atoms with van der Waals surface area (Å²) in [6.07, 6.45) is 4.04. The zero-order valence-corrected chi connectivity index (χ0v) is 17.2. The lowest BCUT2D eigenvalue weighted by molar-refractivity contribution is 0.425. The molecular formula is C25H26N4. The van der Waals surface area contributed by atoms with E-state index in [1.54, 1.807) is 0 Å². The van der Waals surface area contributed by atoms with Crippen molar-refractivity contribution in [1.82, 2.24) is 14.9 Å². The van der Waals surface area contributed by atoms with Gasteiger partial charge in [0.15, 0.2) is 5.82 Å². The predicted molar refractivity (Wildman–Crippen MR) is 124 cm³/mol. The smallest absolute Gasteiger partial charge is 0.154 e. The summed E-state index contributed by atoms with van der Waals surface area (Å²) in [6.45, 7) is 3.86. The number of anilines is 1. The first-order valence-electron chi connectivity index (χ1n) is 9.92. The van der Waals surface area contributed by atoms with Gasteiger partial charge in [0.05, 0.1) is 5.52 Å². The summed E-state index contributed by atoms with van der Waals surface area (Å²) in [5, 5.41) is 6.94. The molecule has 4 rings (SSSR count). The third-order valence-electron chi connectivity index (χ3n) is 4.93. The van der Waals surface area contributed by atoms with Gasteiger partial charge in [-0.1, -0.05) is 60.2 Å². The number of benzene rings is 3. The van der Waals surface area contributed by atoms with E-state index < -0.39 is 0 Å². The van der Waals surface area contributed by atoms with E-state index in [0.717, 1.165) is 35.4 Å². The zero-order chi connectivity index (χ0) is 20.2. The topological polar surface area (TPSA) is 41.1 Å². The molecule has 0 saturated carbocycles. The zero-order valence-electron chi connectivity index (χ0n) is 17.2. The minimum atomic E-state index is 0.709. The molecule has 1 heterocycles. The fraction of sp³-hybridized carbons (Fsp3) is 0.200. The van der Waals surface area contributed by atoms with Gasteiger partial charge in [-0.15, -0.1) is 0 Å². The minimum absolute atomic E-state index is 0.709.